The number of rotatable bonds is 0. The minimum Gasteiger partial charge on any atom is -1.00 e. The topological polar surface area (TPSA) is 0 Å². The van der Waals surface area contributed by atoms with Crippen molar-refractivity contribution in [3.05, 3.63) is 107 Å². The molecule has 0 aromatic heterocycles. The molecule has 3 heteroatoms. The molecule has 0 atom stereocenters. The number of halogens is 2. The maximum Gasteiger partial charge on any atom is 4.00 e. The predicted octanol–water partition coefficient (Wildman–Crippen LogP) is 1.63. The third kappa shape index (κ3) is 3.84. The quantitative estimate of drug-likeness (QED) is 0.220. The van der Waals surface area contributed by atoms with Crippen LogP contribution in [-0.2, 0) is 47.4 Å². The Hall–Kier alpha value is -2.09. The Morgan fingerprint density at radius 3 is 1.21 bits per heavy atom. The zero-order valence-electron chi connectivity index (χ0n) is 18.2. The Morgan fingerprint density at radius 1 is 0.455 bits per heavy atom. The van der Waals surface area contributed by atoms with Crippen LogP contribution in [0.25, 0.3) is 43.1 Å². The number of fused-ring (bicyclic) bond motifs is 8. The molecule has 6 aromatic rings. The van der Waals surface area contributed by atoms with Gasteiger partial charge in [-0.15, -0.1) is 55.9 Å². The zero-order valence-corrected chi connectivity index (χ0v) is 21.2. The second kappa shape index (κ2) is 9.28. The van der Waals surface area contributed by atoms with Crippen molar-refractivity contribution in [1.29, 1.82) is 0 Å². The van der Waals surface area contributed by atoms with Crippen molar-refractivity contribution in [2.24, 2.45) is 0 Å². The molecule has 33 heavy (non-hydrogen) atoms. The molecule has 0 aliphatic heterocycles. The van der Waals surface area contributed by atoms with Gasteiger partial charge in [-0.05, 0) is 23.6 Å². The van der Waals surface area contributed by atoms with Crippen molar-refractivity contribution in [3.63, 3.8) is 0 Å². The molecule has 0 fully saturated rings. The van der Waals surface area contributed by atoms with Crippen LogP contribution in [0.1, 0.15) is 22.3 Å². The first-order valence-corrected chi connectivity index (χ1v) is 11.0. The van der Waals surface area contributed by atoms with E-state index in [0.29, 0.717) is 0 Å². The summed E-state index contributed by atoms with van der Waals surface area (Å²) >= 11 is 0. The fraction of sp³-hybridized carbons (Fsp3) is 0.133. The standard InChI is InChI=1S/C30H22.2ClH.Ti/c1-3-7-21-17-29-25(13-19(21)5-1)15-23-9-12-28-24(10-11-27(23)29)16-26-14-20-6-2-4-8-22(20)18-30(26)28;;;/h1-8,13-18H,9-12H2;2*1H;/q-2;;;+4/p-2. The van der Waals surface area contributed by atoms with Crippen LogP contribution >= 0.6 is 0 Å². The third-order valence-electron chi connectivity index (χ3n) is 7.21. The molecular formula is C30H22Cl2Ti. The molecule has 0 bridgehead atoms. The molecule has 0 unspecified atom stereocenters. The van der Waals surface area contributed by atoms with Crippen LogP contribution in [0.2, 0.25) is 0 Å². The van der Waals surface area contributed by atoms with Crippen molar-refractivity contribution < 1.29 is 46.5 Å². The van der Waals surface area contributed by atoms with Gasteiger partial charge in [0.2, 0.25) is 0 Å². The number of benzene rings is 4. The Morgan fingerprint density at radius 2 is 0.818 bits per heavy atom. The summed E-state index contributed by atoms with van der Waals surface area (Å²) in [4.78, 5) is 0. The van der Waals surface area contributed by atoms with Crippen LogP contribution < -0.4 is 24.8 Å². The van der Waals surface area contributed by atoms with Gasteiger partial charge in [-0.2, -0.15) is 12.1 Å². The van der Waals surface area contributed by atoms with Gasteiger partial charge < -0.3 is 24.8 Å². The van der Waals surface area contributed by atoms with Crippen LogP contribution in [0.3, 0.4) is 0 Å². The second-order valence-electron chi connectivity index (χ2n) is 8.87. The molecule has 0 N–H and O–H groups in total. The Labute approximate surface area is 221 Å². The van der Waals surface area contributed by atoms with Gasteiger partial charge in [-0.3, -0.25) is 0 Å². The van der Waals surface area contributed by atoms with Crippen LogP contribution in [0.5, 0.6) is 0 Å². The number of hydrogen-bond acceptors (Lipinski definition) is 0. The smallest absolute Gasteiger partial charge is 1.00 e. The van der Waals surface area contributed by atoms with E-state index in [-0.39, 0.29) is 46.5 Å². The maximum absolute atomic E-state index is 2.46. The molecule has 1 aliphatic carbocycles. The molecule has 7 rings (SSSR count). The van der Waals surface area contributed by atoms with Gasteiger partial charge in [-0.25, -0.2) is 0 Å². The average molecular weight is 501 g/mol. The molecular weight excluding hydrogens is 479 g/mol. The van der Waals surface area contributed by atoms with Crippen molar-refractivity contribution in [2.45, 2.75) is 25.7 Å². The van der Waals surface area contributed by atoms with E-state index < -0.39 is 0 Å². The molecule has 0 spiro atoms. The van der Waals surface area contributed by atoms with Crippen LogP contribution in [0.15, 0.2) is 84.9 Å². The summed E-state index contributed by atoms with van der Waals surface area (Å²) in [5.74, 6) is 0. The number of hydrogen-bond donors (Lipinski definition) is 0. The molecule has 0 amide bonds. The SMILES string of the molecule is [Cl-].[Cl-].[Ti+4].c1ccc2cc3c(cc4[c-]3CCc3cc5cc6ccccc6cc5[c-]3CC4)cc2c1. The van der Waals surface area contributed by atoms with E-state index in [4.69, 9.17) is 0 Å². The van der Waals surface area contributed by atoms with E-state index in [9.17, 15) is 0 Å². The monoisotopic (exact) mass is 500 g/mol. The van der Waals surface area contributed by atoms with Crippen LogP contribution in [-0.4, -0.2) is 0 Å². The largest absolute Gasteiger partial charge is 4.00 e. The van der Waals surface area contributed by atoms with Gasteiger partial charge in [0.15, 0.2) is 0 Å². The summed E-state index contributed by atoms with van der Waals surface area (Å²) in [5.41, 5.74) is 6.27. The summed E-state index contributed by atoms with van der Waals surface area (Å²) in [6.45, 7) is 0. The summed E-state index contributed by atoms with van der Waals surface area (Å²) in [7, 11) is 0. The first-order chi connectivity index (χ1) is 14.8. The first-order valence-electron chi connectivity index (χ1n) is 11.0. The van der Waals surface area contributed by atoms with Gasteiger partial charge in [-0.1, -0.05) is 84.3 Å². The van der Waals surface area contributed by atoms with E-state index in [2.05, 4.69) is 84.9 Å². The molecule has 6 aromatic carbocycles. The van der Waals surface area contributed by atoms with E-state index in [1.165, 1.54) is 43.1 Å². The number of aryl methyl sites for hydroxylation is 4. The van der Waals surface area contributed by atoms with Gasteiger partial charge in [0.25, 0.3) is 0 Å². The second-order valence-corrected chi connectivity index (χ2v) is 8.87. The van der Waals surface area contributed by atoms with Gasteiger partial charge >= 0.3 is 21.7 Å². The van der Waals surface area contributed by atoms with Crippen molar-refractivity contribution >= 4 is 43.1 Å². The molecule has 0 heterocycles. The Kier molecular flexibility index (Phi) is 6.76. The van der Waals surface area contributed by atoms with Gasteiger partial charge in [0.05, 0.1) is 0 Å². The Bertz CT molecular complexity index is 1480. The predicted molar refractivity (Wildman–Crippen MR) is 129 cm³/mol. The molecule has 0 radical (unpaired) electrons. The Balaban J connectivity index is 0.000000864. The van der Waals surface area contributed by atoms with E-state index in [1.54, 1.807) is 22.3 Å². The molecule has 0 saturated heterocycles. The minimum atomic E-state index is 0. The van der Waals surface area contributed by atoms with Gasteiger partial charge in [0, 0.05) is 0 Å². The van der Waals surface area contributed by atoms with Crippen molar-refractivity contribution in [1.82, 2.24) is 0 Å². The minimum absolute atomic E-state index is 0. The third-order valence-corrected chi connectivity index (χ3v) is 7.21. The maximum atomic E-state index is 2.46. The van der Waals surface area contributed by atoms with Crippen LogP contribution in [0.4, 0.5) is 0 Å². The fourth-order valence-electron chi connectivity index (χ4n) is 5.73. The van der Waals surface area contributed by atoms with Crippen molar-refractivity contribution in [3.8, 4) is 0 Å². The summed E-state index contributed by atoms with van der Waals surface area (Å²) in [5, 5.41) is 11.2. The molecule has 1 aliphatic rings. The normalized spacial score (nSPS) is 12.8. The van der Waals surface area contributed by atoms with E-state index in [0.717, 1.165) is 25.7 Å². The zero-order chi connectivity index (χ0) is 19.7. The summed E-state index contributed by atoms with van der Waals surface area (Å²) in [6, 6.07) is 32.0. The van der Waals surface area contributed by atoms with Gasteiger partial charge in [0.1, 0.15) is 0 Å². The molecule has 0 saturated carbocycles. The summed E-state index contributed by atoms with van der Waals surface area (Å²) in [6.07, 6.45) is 4.55. The van der Waals surface area contributed by atoms with E-state index >= 15 is 0 Å². The summed E-state index contributed by atoms with van der Waals surface area (Å²) < 4.78 is 0. The fourth-order valence-corrected chi connectivity index (χ4v) is 5.73. The first kappa shape index (κ1) is 24.1. The van der Waals surface area contributed by atoms with Crippen LogP contribution in [0, 0.1) is 0 Å². The van der Waals surface area contributed by atoms with Crippen molar-refractivity contribution in [2.75, 3.05) is 0 Å². The van der Waals surface area contributed by atoms with E-state index in [1.807, 2.05) is 0 Å². The molecule has 160 valence electrons. The molecule has 0 nitrogen and oxygen atoms in total. The average Bonchev–Trinajstić information content (AvgIpc) is 3.27.